The quantitative estimate of drug-likeness (QED) is 0.338. The largest absolute Gasteiger partial charge is 0.332 e. The molecule has 4 aromatic rings. The number of hydrogen-bond donors (Lipinski definition) is 1. The molecule has 2 heterocycles. The number of carbonyl (C=O) groups excluding carboxylic acids is 1. The summed E-state index contributed by atoms with van der Waals surface area (Å²) < 4.78 is 2.46. The molecular formula is C26H27N5O3S. The van der Waals surface area contributed by atoms with E-state index in [0.29, 0.717) is 33.2 Å². The first-order chi connectivity index (χ1) is 16.6. The first-order valence-corrected chi connectivity index (χ1v) is 12.1. The summed E-state index contributed by atoms with van der Waals surface area (Å²) in [5.41, 5.74) is 1.37. The molecule has 35 heavy (non-hydrogen) atoms. The molecule has 4 rings (SSSR count). The highest BCUT2D eigenvalue weighted by Gasteiger charge is 2.23. The van der Waals surface area contributed by atoms with Crippen molar-refractivity contribution in [2.24, 2.45) is 14.1 Å². The van der Waals surface area contributed by atoms with Gasteiger partial charge in [0.05, 0.1) is 0 Å². The van der Waals surface area contributed by atoms with Crippen LogP contribution in [0.4, 0.5) is 5.69 Å². The zero-order chi connectivity index (χ0) is 25.3. The predicted molar refractivity (Wildman–Crippen MR) is 139 cm³/mol. The standard InChI is InChI=1S/C26H27N5O3S/c1-26(2,3)24-28-20-19(23(33)31(5)25(34)30(20)4)22(29-24)35-15-16-11-13-17(14-12-16)21(32)27-18-9-7-6-8-10-18/h6-14H,15H2,1-5H3,(H,27,32). The molecule has 0 aliphatic heterocycles. The number of rotatable bonds is 5. The molecule has 2 aromatic carbocycles. The van der Waals surface area contributed by atoms with Crippen LogP contribution in [0.3, 0.4) is 0 Å². The molecule has 0 saturated heterocycles. The van der Waals surface area contributed by atoms with Gasteiger partial charge >= 0.3 is 5.69 Å². The minimum atomic E-state index is -0.429. The number of nitrogens with one attached hydrogen (secondary N) is 1. The number of carbonyl (C=O) groups is 1. The third kappa shape index (κ3) is 5.05. The summed E-state index contributed by atoms with van der Waals surface area (Å²) in [6.07, 6.45) is 0. The average Bonchev–Trinajstić information content (AvgIpc) is 2.84. The second kappa shape index (κ2) is 9.50. The van der Waals surface area contributed by atoms with Crippen molar-refractivity contribution in [2.45, 2.75) is 37.0 Å². The van der Waals surface area contributed by atoms with Crippen molar-refractivity contribution in [3.05, 3.63) is 92.4 Å². The van der Waals surface area contributed by atoms with Crippen LogP contribution in [0.15, 0.2) is 69.2 Å². The minimum Gasteiger partial charge on any atom is -0.322 e. The molecule has 1 amide bonds. The fourth-order valence-corrected chi connectivity index (χ4v) is 4.47. The van der Waals surface area contributed by atoms with Gasteiger partial charge in [0.25, 0.3) is 11.5 Å². The number of para-hydroxylation sites is 1. The van der Waals surface area contributed by atoms with E-state index in [0.717, 1.165) is 15.8 Å². The minimum absolute atomic E-state index is 0.184. The number of anilines is 1. The Kier molecular flexibility index (Phi) is 6.62. The molecule has 0 aliphatic rings. The molecule has 0 aliphatic carbocycles. The monoisotopic (exact) mass is 489 g/mol. The second-order valence-corrected chi connectivity index (χ2v) is 10.3. The van der Waals surface area contributed by atoms with Gasteiger partial charge in [-0.1, -0.05) is 51.1 Å². The van der Waals surface area contributed by atoms with Crippen LogP contribution in [0.25, 0.3) is 11.0 Å². The molecule has 180 valence electrons. The van der Waals surface area contributed by atoms with Crippen LogP contribution >= 0.6 is 11.8 Å². The highest BCUT2D eigenvalue weighted by Crippen LogP contribution is 2.29. The Bertz CT molecular complexity index is 1520. The summed E-state index contributed by atoms with van der Waals surface area (Å²) in [5.74, 6) is 0.905. The van der Waals surface area contributed by atoms with E-state index in [2.05, 4.69) is 10.3 Å². The van der Waals surface area contributed by atoms with E-state index in [-0.39, 0.29) is 11.3 Å². The van der Waals surface area contributed by atoms with Crippen molar-refractivity contribution < 1.29 is 4.79 Å². The van der Waals surface area contributed by atoms with Gasteiger partial charge in [-0.25, -0.2) is 14.8 Å². The van der Waals surface area contributed by atoms with E-state index in [1.165, 1.54) is 23.4 Å². The lowest BCUT2D eigenvalue weighted by Gasteiger charge is -2.19. The highest BCUT2D eigenvalue weighted by atomic mass is 32.2. The fourth-order valence-electron chi connectivity index (χ4n) is 3.50. The lowest BCUT2D eigenvalue weighted by Crippen LogP contribution is -2.38. The third-order valence-corrected chi connectivity index (χ3v) is 6.61. The summed E-state index contributed by atoms with van der Waals surface area (Å²) in [7, 11) is 3.06. The molecule has 0 fully saturated rings. The van der Waals surface area contributed by atoms with Crippen LogP contribution in [0, 0.1) is 0 Å². The first-order valence-electron chi connectivity index (χ1n) is 11.1. The molecule has 8 nitrogen and oxygen atoms in total. The maximum atomic E-state index is 13.0. The fraction of sp³-hybridized carbons (Fsp3) is 0.269. The van der Waals surface area contributed by atoms with Crippen LogP contribution in [0.2, 0.25) is 0 Å². The lowest BCUT2D eigenvalue weighted by atomic mass is 9.96. The smallest absolute Gasteiger partial charge is 0.322 e. The molecule has 0 bridgehead atoms. The number of aryl methyl sites for hydroxylation is 1. The summed E-state index contributed by atoms with van der Waals surface area (Å²) >= 11 is 1.41. The van der Waals surface area contributed by atoms with Crippen molar-refractivity contribution in [1.82, 2.24) is 19.1 Å². The van der Waals surface area contributed by atoms with Gasteiger partial charge in [0.2, 0.25) is 0 Å². The van der Waals surface area contributed by atoms with Gasteiger partial charge in [-0.15, -0.1) is 11.8 Å². The molecule has 0 atom stereocenters. The van der Waals surface area contributed by atoms with E-state index in [1.807, 2.05) is 63.2 Å². The van der Waals surface area contributed by atoms with Gasteiger partial charge in [-0.3, -0.25) is 18.7 Å². The zero-order valence-electron chi connectivity index (χ0n) is 20.3. The van der Waals surface area contributed by atoms with Crippen LogP contribution in [-0.2, 0) is 25.3 Å². The van der Waals surface area contributed by atoms with Gasteiger partial charge in [0, 0.05) is 36.5 Å². The van der Waals surface area contributed by atoms with Gasteiger partial charge in [-0.05, 0) is 29.8 Å². The first kappa shape index (κ1) is 24.4. The number of aromatic nitrogens is 4. The number of nitrogens with zero attached hydrogens (tertiary/aromatic N) is 4. The van der Waals surface area contributed by atoms with Crippen molar-refractivity contribution in [2.75, 3.05) is 5.32 Å². The Balaban J connectivity index is 1.63. The molecule has 0 spiro atoms. The van der Waals surface area contributed by atoms with Crippen LogP contribution in [0.1, 0.15) is 42.5 Å². The maximum absolute atomic E-state index is 13.0. The lowest BCUT2D eigenvalue weighted by molar-refractivity contribution is 0.102. The predicted octanol–water partition coefficient (Wildman–Crippen LogP) is 3.87. The summed E-state index contributed by atoms with van der Waals surface area (Å²) in [5, 5.41) is 3.73. The Labute approximate surface area is 207 Å². The van der Waals surface area contributed by atoms with E-state index >= 15 is 0 Å². The van der Waals surface area contributed by atoms with Crippen LogP contribution < -0.4 is 16.6 Å². The van der Waals surface area contributed by atoms with Crippen LogP contribution in [-0.4, -0.2) is 25.0 Å². The Hall–Kier alpha value is -3.72. The molecule has 0 saturated carbocycles. The Morgan fingerprint density at radius 3 is 2.23 bits per heavy atom. The van der Waals surface area contributed by atoms with E-state index in [9.17, 15) is 14.4 Å². The van der Waals surface area contributed by atoms with Crippen molar-refractivity contribution in [1.29, 1.82) is 0 Å². The maximum Gasteiger partial charge on any atom is 0.332 e. The van der Waals surface area contributed by atoms with E-state index < -0.39 is 11.2 Å². The topological polar surface area (TPSA) is 98.9 Å². The number of fused-ring (bicyclic) bond motifs is 1. The SMILES string of the molecule is Cn1c(=O)c2c(SCc3ccc(C(=O)Nc4ccccc4)cc3)nc(C(C)(C)C)nc2n(C)c1=O. The Morgan fingerprint density at radius 2 is 1.60 bits per heavy atom. The molecule has 0 unspecified atom stereocenters. The molecule has 2 aromatic heterocycles. The van der Waals surface area contributed by atoms with E-state index in [4.69, 9.17) is 4.98 Å². The zero-order valence-corrected chi connectivity index (χ0v) is 21.1. The summed E-state index contributed by atoms with van der Waals surface area (Å²) in [4.78, 5) is 47.3. The second-order valence-electron chi connectivity index (χ2n) is 9.31. The van der Waals surface area contributed by atoms with Crippen molar-refractivity contribution in [3.63, 3.8) is 0 Å². The van der Waals surface area contributed by atoms with Gasteiger partial charge < -0.3 is 5.32 Å². The van der Waals surface area contributed by atoms with Gasteiger partial charge in [0.1, 0.15) is 16.2 Å². The average molecular weight is 490 g/mol. The Morgan fingerprint density at radius 1 is 0.943 bits per heavy atom. The third-order valence-electron chi connectivity index (χ3n) is 5.56. The number of hydrogen-bond acceptors (Lipinski definition) is 6. The number of benzene rings is 2. The summed E-state index contributed by atoms with van der Waals surface area (Å²) in [6, 6.07) is 16.6. The van der Waals surface area contributed by atoms with Gasteiger partial charge in [0.15, 0.2) is 5.65 Å². The number of amides is 1. The molecule has 1 N–H and O–H groups in total. The normalized spacial score (nSPS) is 11.6. The number of thioether (sulfide) groups is 1. The molecule has 0 radical (unpaired) electrons. The molecular weight excluding hydrogens is 462 g/mol. The molecule has 9 heteroatoms. The van der Waals surface area contributed by atoms with Crippen molar-refractivity contribution >= 4 is 34.4 Å². The van der Waals surface area contributed by atoms with Crippen LogP contribution in [0.5, 0.6) is 0 Å². The highest BCUT2D eigenvalue weighted by molar-refractivity contribution is 7.98. The summed E-state index contributed by atoms with van der Waals surface area (Å²) in [6.45, 7) is 5.96. The van der Waals surface area contributed by atoms with Crippen molar-refractivity contribution in [3.8, 4) is 0 Å². The van der Waals surface area contributed by atoms with E-state index in [1.54, 1.807) is 19.2 Å². The van der Waals surface area contributed by atoms with Gasteiger partial charge in [-0.2, -0.15) is 0 Å².